The van der Waals surface area contributed by atoms with E-state index in [-0.39, 0.29) is 30.3 Å². The molecule has 116 valence electrons. The Morgan fingerprint density at radius 1 is 1.38 bits per heavy atom. The summed E-state index contributed by atoms with van der Waals surface area (Å²) in [5.41, 5.74) is 8.34. The molecule has 1 saturated heterocycles. The highest BCUT2D eigenvalue weighted by molar-refractivity contribution is 5.88. The van der Waals surface area contributed by atoms with E-state index in [4.69, 9.17) is 10.5 Å². The molecule has 2 atom stereocenters. The summed E-state index contributed by atoms with van der Waals surface area (Å²) in [6.07, 6.45) is 1.67. The third-order valence-electron chi connectivity index (χ3n) is 3.61. The summed E-state index contributed by atoms with van der Waals surface area (Å²) in [5.74, 6) is 1.04. The standard InChI is InChI=1S/C16H22N2O2.ClH/c1-11(2)7-16(19)18-9-14(15(17)10-18)12-5-4-6-13(8-12)20-3;/h4-8,14-15H,9-10,17H2,1-3H3;1H/t14-,15+;/m1./s1. The maximum atomic E-state index is 12.1. The van der Waals surface area contributed by atoms with Crippen LogP contribution in [0, 0.1) is 0 Å². The maximum absolute atomic E-state index is 12.1. The van der Waals surface area contributed by atoms with Crippen molar-refractivity contribution in [1.29, 1.82) is 0 Å². The second-order valence-corrected chi connectivity index (χ2v) is 5.51. The van der Waals surface area contributed by atoms with E-state index in [0.717, 1.165) is 16.9 Å². The molecule has 1 heterocycles. The van der Waals surface area contributed by atoms with Crippen molar-refractivity contribution < 1.29 is 9.53 Å². The van der Waals surface area contributed by atoms with Crippen molar-refractivity contribution in [2.75, 3.05) is 20.2 Å². The first-order chi connectivity index (χ1) is 9.51. The third kappa shape index (κ3) is 4.22. The molecule has 0 bridgehead atoms. The number of likely N-dealkylation sites (tertiary alicyclic amines) is 1. The van der Waals surface area contributed by atoms with Gasteiger partial charge in [0.1, 0.15) is 5.75 Å². The Morgan fingerprint density at radius 2 is 2.10 bits per heavy atom. The number of ether oxygens (including phenoxy) is 1. The molecule has 2 N–H and O–H groups in total. The summed E-state index contributed by atoms with van der Waals surface area (Å²) in [6, 6.07) is 7.88. The predicted molar refractivity (Wildman–Crippen MR) is 87.0 cm³/mol. The van der Waals surface area contributed by atoms with Crippen LogP contribution in [-0.4, -0.2) is 37.0 Å². The molecule has 1 aliphatic heterocycles. The van der Waals surface area contributed by atoms with Crippen molar-refractivity contribution in [3.63, 3.8) is 0 Å². The summed E-state index contributed by atoms with van der Waals surface area (Å²) in [6.45, 7) is 5.11. The number of amides is 1. The van der Waals surface area contributed by atoms with E-state index >= 15 is 0 Å². The number of rotatable bonds is 3. The van der Waals surface area contributed by atoms with Gasteiger partial charge in [0.15, 0.2) is 0 Å². The molecule has 0 saturated carbocycles. The number of benzene rings is 1. The Kier molecular flexibility index (Phi) is 6.24. The summed E-state index contributed by atoms with van der Waals surface area (Å²) in [4.78, 5) is 13.9. The van der Waals surface area contributed by atoms with Crippen molar-refractivity contribution in [3.05, 3.63) is 41.5 Å². The Balaban J connectivity index is 0.00000220. The van der Waals surface area contributed by atoms with Gasteiger partial charge in [0.2, 0.25) is 5.91 Å². The summed E-state index contributed by atoms with van der Waals surface area (Å²) in [7, 11) is 1.65. The monoisotopic (exact) mass is 310 g/mol. The van der Waals surface area contributed by atoms with Gasteiger partial charge in [-0.05, 0) is 31.5 Å². The lowest BCUT2D eigenvalue weighted by Gasteiger charge is -2.15. The van der Waals surface area contributed by atoms with Gasteiger partial charge < -0.3 is 15.4 Å². The molecule has 0 spiro atoms. The highest BCUT2D eigenvalue weighted by atomic mass is 35.5. The first-order valence-corrected chi connectivity index (χ1v) is 6.84. The Morgan fingerprint density at radius 3 is 2.71 bits per heavy atom. The van der Waals surface area contributed by atoms with E-state index < -0.39 is 0 Å². The molecule has 4 nitrogen and oxygen atoms in total. The smallest absolute Gasteiger partial charge is 0.246 e. The average Bonchev–Trinajstić information content (AvgIpc) is 2.80. The van der Waals surface area contributed by atoms with E-state index in [9.17, 15) is 4.79 Å². The average molecular weight is 311 g/mol. The first kappa shape index (κ1) is 17.5. The lowest BCUT2D eigenvalue weighted by molar-refractivity contribution is -0.125. The van der Waals surface area contributed by atoms with Gasteiger partial charge in [0.25, 0.3) is 0 Å². The fourth-order valence-electron chi connectivity index (χ4n) is 2.57. The minimum Gasteiger partial charge on any atom is -0.497 e. The molecular formula is C16H23ClN2O2. The molecule has 1 aromatic rings. The number of nitrogens with two attached hydrogens (primary N) is 1. The molecule has 1 aromatic carbocycles. The molecule has 0 radical (unpaired) electrons. The van der Waals surface area contributed by atoms with Crippen molar-refractivity contribution in [2.45, 2.75) is 25.8 Å². The molecule has 0 aromatic heterocycles. The fraction of sp³-hybridized carbons (Fsp3) is 0.438. The zero-order chi connectivity index (χ0) is 14.7. The van der Waals surface area contributed by atoms with Crippen LogP contribution in [0.2, 0.25) is 0 Å². The second-order valence-electron chi connectivity index (χ2n) is 5.51. The normalized spacial score (nSPS) is 20.7. The summed E-state index contributed by atoms with van der Waals surface area (Å²) >= 11 is 0. The van der Waals surface area contributed by atoms with E-state index in [0.29, 0.717) is 13.1 Å². The number of halogens is 1. The van der Waals surface area contributed by atoms with Crippen LogP contribution in [-0.2, 0) is 4.79 Å². The molecule has 1 amide bonds. The van der Waals surface area contributed by atoms with Crippen LogP contribution in [0.5, 0.6) is 5.75 Å². The van der Waals surface area contributed by atoms with Crippen molar-refractivity contribution in [3.8, 4) is 5.75 Å². The number of methoxy groups -OCH3 is 1. The van der Waals surface area contributed by atoms with Gasteiger partial charge in [-0.3, -0.25) is 4.79 Å². The van der Waals surface area contributed by atoms with E-state index in [1.165, 1.54) is 0 Å². The van der Waals surface area contributed by atoms with E-state index in [1.54, 1.807) is 13.2 Å². The van der Waals surface area contributed by atoms with Crippen LogP contribution >= 0.6 is 12.4 Å². The zero-order valence-electron chi connectivity index (χ0n) is 12.7. The molecule has 0 unspecified atom stereocenters. The van der Waals surface area contributed by atoms with Crippen molar-refractivity contribution in [1.82, 2.24) is 4.90 Å². The van der Waals surface area contributed by atoms with E-state index in [1.807, 2.05) is 43.0 Å². The van der Waals surface area contributed by atoms with Crippen LogP contribution in [0.25, 0.3) is 0 Å². The van der Waals surface area contributed by atoms with Gasteiger partial charge >= 0.3 is 0 Å². The lowest BCUT2D eigenvalue weighted by Crippen LogP contribution is -2.31. The topological polar surface area (TPSA) is 55.6 Å². The quantitative estimate of drug-likeness (QED) is 0.872. The maximum Gasteiger partial charge on any atom is 0.246 e. The number of hydrogen-bond donors (Lipinski definition) is 1. The number of hydrogen-bond acceptors (Lipinski definition) is 3. The Hall–Kier alpha value is -1.52. The van der Waals surface area contributed by atoms with Crippen molar-refractivity contribution >= 4 is 18.3 Å². The minimum absolute atomic E-state index is 0. The molecule has 1 fully saturated rings. The Bertz CT molecular complexity index is 527. The van der Waals surface area contributed by atoms with Crippen LogP contribution in [0.1, 0.15) is 25.3 Å². The molecular weight excluding hydrogens is 288 g/mol. The third-order valence-corrected chi connectivity index (χ3v) is 3.61. The van der Waals surface area contributed by atoms with Crippen LogP contribution in [0.4, 0.5) is 0 Å². The number of allylic oxidation sites excluding steroid dienone is 1. The Labute approximate surface area is 132 Å². The molecule has 2 rings (SSSR count). The highest BCUT2D eigenvalue weighted by Crippen LogP contribution is 2.29. The van der Waals surface area contributed by atoms with Gasteiger partial charge in [-0.1, -0.05) is 17.7 Å². The first-order valence-electron chi connectivity index (χ1n) is 6.84. The van der Waals surface area contributed by atoms with E-state index in [2.05, 4.69) is 0 Å². The number of carbonyl (C=O) groups excluding carboxylic acids is 1. The minimum atomic E-state index is -0.0309. The number of nitrogens with zero attached hydrogens (tertiary/aromatic N) is 1. The van der Waals surface area contributed by atoms with Crippen LogP contribution < -0.4 is 10.5 Å². The summed E-state index contributed by atoms with van der Waals surface area (Å²) in [5, 5.41) is 0. The van der Waals surface area contributed by atoms with Gasteiger partial charge in [0.05, 0.1) is 7.11 Å². The molecule has 0 aliphatic carbocycles. The SMILES string of the molecule is COc1cccc([C@H]2CN(C(=O)C=C(C)C)C[C@@H]2N)c1.Cl. The zero-order valence-corrected chi connectivity index (χ0v) is 13.5. The predicted octanol–water partition coefficient (Wildman–Crippen LogP) is 2.34. The van der Waals surface area contributed by atoms with Gasteiger partial charge in [-0.15, -0.1) is 12.4 Å². The van der Waals surface area contributed by atoms with Gasteiger partial charge in [0, 0.05) is 31.1 Å². The fourth-order valence-corrected chi connectivity index (χ4v) is 2.57. The molecule has 21 heavy (non-hydrogen) atoms. The van der Waals surface area contributed by atoms with Gasteiger partial charge in [-0.2, -0.15) is 0 Å². The second kappa shape index (κ2) is 7.48. The lowest BCUT2D eigenvalue weighted by atomic mass is 9.95. The summed E-state index contributed by atoms with van der Waals surface area (Å²) < 4.78 is 5.25. The van der Waals surface area contributed by atoms with Crippen LogP contribution in [0.3, 0.4) is 0 Å². The van der Waals surface area contributed by atoms with Crippen LogP contribution in [0.15, 0.2) is 35.9 Å². The molecule has 1 aliphatic rings. The van der Waals surface area contributed by atoms with Gasteiger partial charge in [-0.25, -0.2) is 0 Å². The molecule has 5 heteroatoms. The largest absolute Gasteiger partial charge is 0.497 e. The number of carbonyl (C=O) groups is 1. The van der Waals surface area contributed by atoms with Crippen molar-refractivity contribution in [2.24, 2.45) is 5.73 Å². The highest BCUT2D eigenvalue weighted by Gasteiger charge is 2.33.